The van der Waals surface area contributed by atoms with Crippen LogP contribution in [0.15, 0.2) is 0 Å². The van der Waals surface area contributed by atoms with Crippen LogP contribution >= 0.6 is 0 Å². The number of hydrogen-bond acceptors (Lipinski definition) is 3. The van der Waals surface area contributed by atoms with Crippen LogP contribution in [0, 0.1) is 16.7 Å². The topological polar surface area (TPSA) is 39.1 Å². The molecule has 0 aromatic heterocycles. The van der Waals surface area contributed by atoms with Crippen molar-refractivity contribution in [2.75, 3.05) is 26.2 Å². The molecule has 3 nitrogen and oxygen atoms in total. The summed E-state index contributed by atoms with van der Waals surface area (Å²) >= 11 is 0. The molecule has 0 aromatic carbocycles. The van der Waals surface area contributed by atoms with E-state index in [4.69, 9.17) is 5.26 Å². The summed E-state index contributed by atoms with van der Waals surface area (Å²) in [6.07, 6.45) is 2.13. The normalized spacial score (nSPS) is 23.7. The van der Waals surface area contributed by atoms with Crippen LogP contribution in [0.3, 0.4) is 0 Å². The number of nitrogens with zero attached hydrogens (tertiary/aromatic N) is 2. The van der Waals surface area contributed by atoms with Crippen LogP contribution in [0.4, 0.5) is 0 Å². The molecular weight excluding hydrogens is 186 g/mol. The second kappa shape index (κ2) is 5.48. The van der Waals surface area contributed by atoms with Crippen molar-refractivity contribution in [3.63, 3.8) is 0 Å². The molecule has 1 rings (SSSR count). The zero-order valence-corrected chi connectivity index (χ0v) is 10.2. The predicted octanol–water partition coefficient (Wildman–Crippen LogP) is 1.61. The molecule has 0 bridgehead atoms. The summed E-state index contributed by atoms with van der Waals surface area (Å²) in [5.41, 5.74) is -0.155. The molecular formula is C12H23N3. The fourth-order valence-corrected chi connectivity index (χ4v) is 2.00. The highest BCUT2D eigenvalue weighted by atomic mass is 15.2. The van der Waals surface area contributed by atoms with Gasteiger partial charge in [-0.05, 0) is 40.2 Å². The van der Waals surface area contributed by atoms with Crippen LogP contribution in [0.25, 0.3) is 0 Å². The van der Waals surface area contributed by atoms with E-state index >= 15 is 0 Å². The minimum Gasteiger partial charge on any atom is -0.314 e. The Morgan fingerprint density at radius 3 is 2.87 bits per heavy atom. The summed E-state index contributed by atoms with van der Waals surface area (Å²) in [5.74, 6) is 0. The van der Waals surface area contributed by atoms with Crippen LogP contribution in [0.1, 0.15) is 33.6 Å². The molecule has 1 saturated heterocycles. The van der Waals surface area contributed by atoms with Gasteiger partial charge in [-0.25, -0.2) is 0 Å². The average Bonchev–Trinajstić information content (AvgIpc) is 2.21. The van der Waals surface area contributed by atoms with E-state index in [1.807, 2.05) is 13.8 Å². The van der Waals surface area contributed by atoms with E-state index in [-0.39, 0.29) is 5.41 Å². The molecule has 1 aliphatic rings. The number of hydrogen-bond donors (Lipinski definition) is 1. The quantitative estimate of drug-likeness (QED) is 0.764. The first-order chi connectivity index (χ1) is 7.05. The van der Waals surface area contributed by atoms with Gasteiger partial charge in [-0.15, -0.1) is 0 Å². The van der Waals surface area contributed by atoms with Crippen molar-refractivity contribution in [2.24, 2.45) is 5.41 Å². The molecule has 3 heteroatoms. The standard InChI is InChI=1S/C12H23N3/c1-11-9-14-6-8-15(11)7-4-5-12(2,3)10-13/h11,14H,4-9H2,1-3H3/t11-/m0/s1. The highest BCUT2D eigenvalue weighted by Crippen LogP contribution is 2.21. The van der Waals surface area contributed by atoms with E-state index in [1.165, 1.54) is 0 Å². The van der Waals surface area contributed by atoms with E-state index in [0.29, 0.717) is 6.04 Å². The Morgan fingerprint density at radius 2 is 2.27 bits per heavy atom. The zero-order chi connectivity index (χ0) is 11.3. The maximum Gasteiger partial charge on any atom is 0.0683 e. The van der Waals surface area contributed by atoms with Gasteiger partial charge in [0.05, 0.1) is 11.5 Å². The molecule has 1 heterocycles. The van der Waals surface area contributed by atoms with Gasteiger partial charge in [0.2, 0.25) is 0 Å². The van der Waals surface area contributed by atoms with Crippen molar-refractivity contribution >= 4 is 0 Å². The first-order valence-corrected chi connectivity index (χ1v) is 5.91. The van der Waals surface area contributed by atoms with Gasteiger partial charge in [-0.1, -0.05) is 0 Å². The lowest BCUT2D eigenvalue weighted by Gasteiger charge is -2.34. The van der Waals surface area contributed by atoms with E-state index in [9.17, 15) is 0 Å². The van der Waals surface area contributed by atoms with Gasteiger partial charge in [0.15, 0.2) is 0 Å². The van der Waals surface area contributed by atoms with Gasteiger partial charge < -0.3 is 5.32 Å². The van der Waals surface area contributed by atoms with Crippen LogP contribution in [0.2, 0.25) is 0 Å². The zero-order valence-electron chi connectivity index (χ0n) is 10.2. The fraction of sp³-hybridized carbons (Fsp3) is 0.917. The van der Waals surface area contributed by atoms with Gasteiger partial charge in [0.25, 0.3) is 0 Å². The van der Waals surface area contributed by atoms with E-state index in [1.54, 1.807) is 0 Å². The van der Waals surface area contributed by atoms with E-state index in [0.717, 1.165) is 39.0 Å². The van der Waals surface area contributed by atoms with Crippen LogP contribution in [-0.4, -0.2) is 37.1 Å². The first kappa shape index (κ1) is 12.5. The molecule has 0 amide bonds. The maximum atomic E-state index is 8.91. The third kappa shape index (κ3) is 4.19. The van der Waals surface area contributed by atoms with Crippen molar-refractivity contribution in [3.8, 4) is 6.07 Å². The highest BCUT2D eigenvalue weighted by molar-refractivity contribution is 4.91. The average molecular weight is 209 g/mol. The van der Waals surface area contributed by atoms with Crippen molar-refractivity contribution in [2.45, 2.75) is 39.7 Å². The molecule has 0 radical (unpaired) electrons. The summed E-state index contributed by atoms with van der Waals surface area (Å²) < 4.78 is 0. The SMILES string of the molecule is C[C@H]1CNCCN1CCCC(C)(C)C#N. The predicted molar refractivity (Wildman–Crippen MR) is 62.5 cm³/mol. The molecule has 0 saturated carbocycles. The number of nitrogens with one attached hydrogen (secondary N) is 1. The third-order valence-corrected chi connectivity index (χ3v) is 3.19. The fourth-order valence-electron chi connectivity index (χ4n) is 2.00. The van der Waals surface area contributed by atoms with Gasteiger partial charge in [0.1, 0.15) is 0 Å². The lowest BCUT2D eigenvalue weighted by atomic mass is 9.89. The molecule has 0 aliphatic carbocycles. The largest absolute Gasteiger partial charge is 0.314 e. The van der Waals surface area contributed by atoms with Crippen LogP contribution in [0.5, 0.6) is 0 Å². The molecule has 1 aliphatic heterocycles. The monoisotopic (exact) mass is 209 g/mol. The first-order valence-electron chi connectivity index (χ1n) is 5.91. The van der Waals surface area contributed by atoms with Crippen molar-refractivity contribution in [3.05, 3.63) is 0 Å². The number of rotatable bonds is 4. The summed E-state index contributed by atoms with van der Waals surface area (Å²) in [6.45, 7) is 10.8. The van der Waals surface area contributed by atoms with Crippen molar-refractivity contribution in [1.29, 1.82) is 5.26 Å². The van der Waals surface area contributed by atoms with Gasteiger partial charge in [-0.2, -0.15) is 5.26 Å². The van der Waals surface area contributed by atoms with Gasteiger partial charge >= 0.3 is 0 Å². The molecule has 1 fully saturated rings. The number of nitriles is 1. The Hall–Kier alpha value is -0.590. The van der Waals surface area contributed by atoms with Gasteiger partial charge in [-0.3, -0.25) is 4.90 Å². The molecule has 0 unspecified atom stereocenters. The van der Waals surface area contributed by atoms with Gasteiger partial charge in [0, 0.05) is 25.7 Å². The van der Waals surface area contributed by atoms with Crippen molar-refractivity contribution < 1.29 is 0 Å². The lowest BCUT2D eigenvalue weighted by molar-refractivity contribution is 0.166. The third-order valence-electron chi connectivity index (χ3n) is 3.19. The molecule has 0 aromatic rings. The molecule has 1 atom stereocenters. The lowest BCUT2D eigenvalue weighted by Crippen LogP contribution is -2.50. The highest BCUT2D eigenvalue weighted by Gasteiger charge is 2.20. The Bertz CT molecular complexity index is 230. The Balaban J connectivity index is 2.22. The molecule has 15 heavy (non-hydrogen) atoms. The second-order valence-electron chi connectivity index (χ2n) is 5.19. The smallest absolute Gasteiger partial charge is 0.0683 e. The van der Waals surface area contributed by atoms with Crippen LogP contribution < -0.4 is 5.32 Å². The Morgan fingerprint density at radius 1 is 1.53 bits per heavy atom. The van der Waals surface area contributed by atoms with Crippen molar-refractivity contribution in [1.82, 2.24) is 10.2 Å². The molecule has 86 valence electrons. The van der Waals surface area contributed by atoms with E-state index < -0.39 is 0 Å². The summed E-state index contributed by atoms with van der Waals surface area (Å²) in [4.78, 5) is 2.52. The van der Waals surface area contributed by atoms with E-state index in [2.05, 4.69) is 23.2 Å². The molecule has 0 spiro atoms. The summed E-state index contributed by atoms with van der Waals surface area (Å²) in [6, 6.07) is 3.00. The molecule has 1 N–H and O–H groups in total. The number of piperazine rings is 1. The second-order valence-corrected chi connectivity index (χ2v) is 5.19. The summed E-state index contributed by atoms with van der Waals surface area (Å²) in [5, 5.41) is 12.3. The summed E-state index contributed by atoms with van der Waals surface area (Å²) in [7, 11) is 0. The minimum atomic E-state index is -0.155. The Kier molecular flexibility index (Phi) is 4.56. The maximum absolute atomic E-state index is 8.91. The minimum absolute atomic E-state index is 0.155. The van der Waals surface area contributed by atoms with Crippen LogP contribution in [-0.2, 0) is 0 Å². The Labute approximate surface area is 93.5 Å².